The van der Waals surface area contributed by atoms with E-state index < -0.39 is 7.81 Å². The molecule has 13 heteroatoms. The molecule has 238 valence electrons. The van der Waals surface area contributed by atoms with Gasteiger partial charge in [0.25, 0.3) is 0 Å². The second-order valence-electron chi connectivity index (χ2n) is 10.9. The molecule has 0 amide bonds. The van der Waals surface area contributed by atoms with Gasteiger partial charge in [-0.2, -0.15) is 0 Å². The van der Waals surface area contributed by atoms with Crippen LogP contribution in [0.1, 0.15) is 34.6 Å². The third-order valence-corrected chi connectivity index (χ3v) is 9.77. The van der Waals surface area contributed by atoms with Crippen LogP contribution in [0, 0.1) is 0 Å². The van der Waals surface area contributed by atoms with Gasteiger partial charge in [-0.25, -0.2) is 4.58 Å². The van der Waals surface area contributed by atoms with Crippen molar-refractivity contribution >= 4 is 70.0 Å². The van der Waals surface area contributed by atoms with Crippen LogP contribution in [-0.2, 0) is 0 Å². The topological polar surface area (TPSA) is 9.49 Å². The molecule has 2 aliphatic heterocycles. The Bertz CT molecular complexity index is 1570. The molecule has 3 nitrogen and oxygen atoms in total. The van der Waals surface area contributed by atoms with E-state index in [2.05, 4.69) is 115 Å². The monoisotopic (exact) mass is 689 g/mol. The average molecular weight is 690 g/mol. The van der Waals surface area contributed by atoms with Crippen LogP contribution < -0.4 is 4.90 Å². The number of allylic oxidation sites excluding steroid dienone is 8. The molecule has 1 aromatic heterocycles. The summed E-state index contributed by atoms with van der Waals surface area (Å²) in [5.74, 6) is 0. The number of thioether (sulfide) groups is 1. The molecular formula is C31H34F6N3PS3. The second-order valence-corrected chi connectivity index (χ2v) is 15.4. The van der Waals surface area contributed by atoms with Crippen molar-refractivity contribution in [3.8, 4) is 0 Å². The Kier molecular flexibility index (Phi) is 9.81. The van der Waals surface area contributed by atoms with Crippen molar-refractivity contribution in [1.82, 2.24) is 4.90 Å². The summed E-state index contributed by atoms with van der Waals surface area (Å²) < 4.78 is 61.3. The first kappa shape index (κ1) is 34.2. The van der Waals surface area contributed by atoms with E-state index in [1.807, 2.05) is 23.1 Å². The summed E-state index contributed by atoms with van der Waals surface area (Å²) >= 11 is 9.57. The molecule has 1 fully saturated rings. The van der Waals surface area contributed by atoms with E-state index in [-0.39, 0.29) is 0 Å². The molecular weight excluding hydrogens is 656 g/mol. The number of hydrogen-bond acceptors (Lipinski definition) is 4. The van der Waals surface area contributed by atoms with Gasteiger partial charge in [-0.05, 0) is 84.5 Å². The van der Waals surface area contributed by atoms with Gasteiger partial charge >= 0.3 is 33.0 Å². The summed E-state index contributed by atoms with van der Waals surface area (Å²) in [6.07, 6.45) is 17.3. The van der Waals surface area contributed by atoms with Crippen molar-refractivity contribution in [2.24, 2.45) is 0 Å². The van der Waals surface area contributed by atoms with E-state index >= 15 is 0 Å². The molecule has 0 radical (unpaired) electrons. The van der Waals surface area contributed by atoms with Crippen molar-refractivity contribution in [2.45, 2.75) is 19.3 Å². The van der Waals surface area contributed by atoms with Crippen LogP contribution >= 0.6 is 43.1 Å². The Hall–Kier alpha value is -2.66. The van der Waals surface area contributed by atoms with Crippen LogP contribution in [0.15, 0.2) is 83.3 Å². The van der Waals surface area contributed by atoms with Crippen molar-refractivity contribution in [2.75, 3.05) is 46.2 Å². The van der Waals surface area contributed by atoms with E-state index in [1.165, 1.54) is 66.9 Å². The zero-order valence-corrected chi connectivity index (χ0v) is 28.1. The SMILES string of the molecule is CN(C)c1ccc(C2=CC(c3ccc(C(=S)N4CCCCC4)s3)=CC(=C3C=CC(=[N+](C)C)C=C3)S2)cc1.F[P-](F)(F)(F)(F)F. The minimum atomic E-state index is -10.7. The Morgan fingerprint density at radius 3 is 1.98 bits per heavy atom. The first-order chi connectivity index (χ1) is 20.3. The fourth-order valence-electron chi connectivity index (χ4n) is 4.64. The molecule has 0 unspecified atom stereocenters. The maximum absolute atomic E-state index is 10.7. The fraction of sp³-hybridized carbons (Fsp3) is 0.290. The van der Waals surface area contributed by atoms with Crippen LogP contribution in [-0.4, -0.2) is 61.5 Å². The van der Waals surface area contributed by atoms with Gasteiger partial charge in [-0.15, -0.1) is 11.3 Å². The number of piperidine rings is 1. The second kappa shape index (κ2) is 12.6. The number of hydrogen-bond donors (Lipinski definition) is 0. The third kappa shape index (κ3) is 10.5. The van der Waals surface area contributed by atoms with Crippen LogP contribution in [0.25, 0.3) is 10.5 Å². The molecule has 5 rings (SSSR count). The summed E-state index contributed by atoms with van der Waals surface area (Å²) in [5, 5.41) is 0. The zero-order chi connectivity index (χ0) is 32.3. The van der Waals surface area contributed by atoms with Gasteiger partial charge in [-0.1, -0.05) is 36.1 Å². The van der Waals surface area contributed by atoms with Crippen molar-refractivity contribution in [3.63, 3.8) is 0 Å². The van der Waals surface area contributed by atoms with Crippen LogP contribution in [0.5, 0.6) is 0 Å². The van der Waals surface area contributed by atoms with Gasteiger partial charge in [0.05, 0.1) is 4.88 Å². The number of benzene rings is 1. The fourth-order valence-corrected chi connectivity index (χ4v) is 7.09. The third-order valence-electron chi connectivity index (χ3n) is 6.87. The number of thiophene rings is 1. The summed E-state index contributed by atoms with van der Waals surface area (Å²) in [7, 11) is -2.34. The van der Waals surface area contributed by atoms with Crippen molar-refractivity contribution in [1.29, 1.82) is 0 Å². The molecule has 2 aromatic rings. The van der Waals surface area contributed by atoms with Crippen LogP contribution in [0.4, 0.5) is 30.9 Å². The van der Waals surface area contributed by atoms with Gasteiger partial charge in [0.15, 0.2) is 5.71 Å². The van der Waals surface area contributed by atoms with E-state index in [9.17, 15) is 25.2 Å². The van der Waals surface area contributed by atoms with Crippen LogP contribution in [0.3, 0.4) is 0 Å². The first-order valence-electron chi connectivity index (χ1n) is 13.8. The molecule has 44 heavy (non-hydrogen) atoms. The molecule has 1 aromatic carbocycles. The molecule has 3 heterocycles. The quantitative estimate of drug-likeness (QED) is 0.137. The van der Waals surface area contributed by atoms with Gasteiger partial charge in [0.1, 0.15) is 19.1 Å². The Morgan fingerprint density at radius 2 is 1.43 bits per heavy atom. The molecule has 0 spiro atoms. The van der Waals surface area contributed by atoms with Crippen molar-refractivity contribution < 1.29 is 29.8 Å². The number of anilines is 1. The number of thiocarbonyl (C=S) groups is 1. The molecule has 1 saturated heterocycles. The Morgan fingerprint density at radius 1 is 0.841 bits per heavy atom. The van der Waals surface area contributed by atoms with Gasteiger partial charge in [0.2, 0.25) is 0 Å². The predicted octanol–water partition coefficient (Wildman–Crippen LogP) is 10.6. The molecule has 0 saturated carbocycles. The predicted molar refractivity (Wildman–Crippen MR) is 182 cm³/mol. The van der Waals surface area contributed by atoms with Crippen molar-refractivity contribution in [3.05, 3.63) is 98.7 Å². The van der Waals surface area contributed by atoms with E-state index in [4.69, 9.17) is 12.2 Å². The van der Waals surface area contributed by atoms with Gasteiger partial charge in [0, 0.05) is 59.7 Å². The summed E-state index contributed by atoms with van der Waals surface area (Å²) in [4.78, 5) is 10.5. The summed E-state index contributed by atoms with van der Waals surface area (Å²) in [6.45, 7) is 2.17. The molecule has 3 aliphatic rings. The van der Waals surface area contributed by atoms with E-state index in [1.54, 1.807) is 0 Å². The van der Waals surface area contributed by atoms with Crippen LogP contribution in [0.2, 0.25) is 0 Å². The van der Waals surface area contributed by atoms with E-state index in [0.717, 1.165) is 18.1 Å². The standard InChI is InChI=1S/C31H34N3S3.F6P/c1-32(2)25-12-8-22(9-13-25)29-20-24(21-30(37-29)23-10-14-26(15-11-23)33(3)4)27-16-17-28(36-27)31(35)34-18-6-5-7-19-34;1-7(2,3,4,5)6/h8-17,20-21H,5-7,18-19H2,1-4H3;/q+1;-1. The maximum atomic E-state index is 9.87. The zero-order valence-electron chi connectivity index (χ0n) is 24.7. The number of halogens is 6. The van der Waals surface area contributed by atoms with Gasteiger partial charge in [-0.3, -0.25) is 0 Å². The summed E-state index contributed by atoms with van der Waals surface area (Å²) in [5.41, 5.74) is 6.14. The number of nitrogens with zero attached hydrogens (tertiary/aromatic N) is 3. The number of rotatable bonds is 4. The number of likely N-dealkylation sites (tertiary alicyclic amines) is 1. The minimum absolute atomic E-state index is 1.01. The average Bonchev–Trinajstić information content (AvgIpc) is 3.46. The van der Waals surface area contributed by atoms with Gasteiger partial charge < -0.3 is 9.80 Å². The molecule has 1 aliphatic carbocycles. The Balaban J connectivity index is 0.000000566. The normalized spacial score (nSPS) is 18.5. The van der Waals surface area contributed by atoms with E-state index in [0.29, 0.717) is 0 Å². The molecule has 0 atom stereocenters. The summed E-state index contributed by atoms with van der Waals surface area (Å²) in [6, 6.07) is 13.3. The molecule has 0 bridgehead atoms. The first-order valence-corrected chi connectivity index (χ1v) is 17.9. The Labute approximate surface area is 267 Å². The molecule has 0 N–H and O–H groups in total.